The molecular formula is C28H26N2OS. The second-order valence-electron chi connectivity index (χ2n) is 7.61. The van der Waals surface area contributed by atoms with Gasteiger partial charge in [-0.25, -0.2) is 0 Å². The van der Waals surface area contributed by atoms with Crippen LogP contribution in [0.5, 0.6) is 0 Å². The maximum Gasteiger partial charge on any atom is 0.256 e. The summed E-state index contributed by atoms with van der Waals surface area (Å²) in [6.45, 7) is 2.18. The zero-order valence-corrected chi connectivity index (χ0v) is 19.2. The molecule has 32 heavy (non-hydrogen) atoms. The molecule has 4 rings (SSSR count). The third kappa shape index (κ3) is 5.09. The van der Waals surface area contributed by atoms with Gasteiger partial charge in [-0.05, 0) is 71.8 Å². The van der Waals surface area contributed by atoms with Crippen molar-refractivity contribution < 1.29 is 4.79 Å². The van der Waals surface area contributed by atoms with Crippen molar-refractivity contribution in [3.63, 3.8) is 0 Å². The van der Waals surface area contributed by atoms with Crippen LogP contribution in [-0.2, 0) is 6.42 Å². The van der Waals surface area contributed by atoms with Gasteiger partial charge in [0.1, 0.15) is 0 Å². The molecule has 0 aliphatic heterocycles. The summed E-state index contributed by atoms with van der Waals surface area (Å²) < 4.78 is 0. The average molecular weight is 439 g/mol. The van der Waals surface area contributed by atoms with Crippen LogP contribution < -0.4 is 5.32 Å². The van der Waals surface area contributed by atoms with Crippen molar-refractivity contribution in [1.82, 2.24) is 4.98 Å². The standard InChI is InChI=1S/C28H26N2OS/c1-3-7-20-11-13-21(14-12-20)26-19-24(32-2)15-16-25(26)28(31)30-23-9-6-8-22(18-23)27-10-4-5-17-29-27/h4-6,8-19H,3,7H2,1-2H3,(H,30,31). The number of carbonyl (C=O) groups is 1. The largest absolute Gasteiger partial charge is 0.322 e. The first kappa shape index (κ1) is 21.8. The van der Waals surface area contributed by atoms with Crippen molar-refractivity contribution >= 4 is 23.4 Å². The van der Waals surface area contributed by atoms with E-state index in [2.05, 4.69) is 47.6 Å². The number of pyridine rings is 1. The molecule has 0 fully saturated rings. The first-order chi connectivity index (χ1) is 15.7. The minimum absolute atomic E-state index is 0.122. The number of nitrogens with zero attached hydrogens (tertiary/aromatic N) is 1. The zero-order valence-electron chi connectivity index (χ0n) is 18.3. The lowest BCUT2D eigenvalue weighted by molar-refractivity contribution is 0.102. The lowest BCUT2D eigenvalue weighted by Gasteiger charge is -2.13. The lowest BCUT2D eigenvalue weighted by Crippen LogP contribution is -2.13. The molecule has 1 aromatic heterocycles. The molecule has 0 aliphatic rings. The number of benzene rings is 3. The molecule has 0 aliphatic carbocycles. The molecular weight excluding hydrogens is 412 g/mol. The number of rotatable bonds is 7. The van der Waals surface area contributed by atoms with E-state index in [4.69, 9.17) is 0 Å². The Morgan fingerprint density at radius 2 is 1.75 bits per heavy atom. The van der Waals surface area contributed by atoms with Crippen molar-refractivity contribution in [1.29, 1.82) is 0 Å². The monoisotopic (exact) mass is 438 g/mol. The molecule has 3 nitrogen and oxygen atoms in total. The van der Waals surface area contributed by atoms with E-state index in [0.29, 0.717) is 5.56 Å². The number of nitrogens with one attached hydrogen (secondary N) is 1. The van der Waals surface area contributed by atoms with E-state index < -0.39 is 0 Å². The van der Waals surface area contributed by atoms with Crippen LogP contribution in [0.15, 0.2) is 96.0 Å². The first-order valence-corrected chi connectivity index (χ1v) is 12.0. The number of hydrogen-bond donors (Lipinski definition) is 1. The van der Waals surface area contributed by atoms with Gasteiger partial charge in [-0.15, -0.1) is 11.8 Å². The summed E-state index contributed by atoms with van der Waals surface area (Å²) in [4.78, 5) is 18.8. The van der Waals surface area contributed by atoms with Crippen LogP contribution in [0.1, 0.15) is 29.3 Å². The van der Waals surface area contributed by atoms with Gasteiger partial charge >= 0.3 is 0 Å². The Bertz CT molecular complexity index is 1200. The zero-order chi connectivity index (χ0) is 22.3. The fraction of sp³-hybridized carbons (Fsp3) is 0.143. The second kappa shape index (κ2) is 10.3. The third-order valence-electron chi connectivity index (χ3n) is 5.36. The van der Waals surface area contributed by atoms with E-state index in [1.165, 1.54) is 5.56 Å². The highest BCUT2D eigenvalue weighted by Crippen LogP contribution is 2.30. The summed E-state index contributed by atoms with van der Waals surface area (Å²) >= 11 is 1.67. The Kier molecular flexibility index (Phi) is 7.03. The first-order valence-electron chi connectivity index (χ1n) is 10.8. The smallest absolute Gasteiger partial charge is 0.256 e. The lowest BCUT2D eigenvalue weighted by atomic mass is 9.97. The van der Waals surface area contributed by atoms with E-state index in [1.54, 1.807) is 18.0 Å². The Hall–Kier alpha value is -3.37. The Balaban J connectivity index is 1.64. The highest BCUT2D eigenvalue weighted by molar-refractivity contribution is 7.98. The van der Waals surface area contributed by atoms with Crippen LogP contribution >= 0.6 is 11.8 Å². The van der Waals surface area contributed by atoms with E-state index >= 15 is 0 Å². The van der Waals surface area contributed by atoms with Gasteiger partial charge in [-0.1, -0.05) is 55.8 Å². The molecule has 4 heteroatoms. The van der Waals surface area contributed by atoms with Gasteiger partial charge < -0.3 is 5.32 Å². The number of anilines is 1. The van der Waals surface area contributed by atoms with E-state index in [9.17, 15) is 4.79 Å². The number of amides is 1. The topological polar surface area (TPSA) is 42.0 Å². The van der Waals surface area contributed by atoms with Crippen LogP contribution in [-0.4, -0.2) is 17.1 Å². The highest BCUT2D eigenvalue weighted by atomic mass is 32.2. The van der Waals surface area contributed by atoms with Gasteiger partial charge in [0.25, 0.3) is 5.91 Å². The Labute approximate surface area is 193 Å². The number of thioether (sulfide) groups is 1. The minimum Gasteiger partial charge on any atom is -0.322 e. The molecule has 1 N–H and O–H groups in total. The summed E-state index contributed by atoms with van der Waals surface area (Å²) in [5.41, 5.74) is 6.56. The number of aryl methyl sites for hydroxylation is 1. The Morgan fingerprint density at radius 3 is 2.47 bits per heavy atom. The van der Waals surface area contributed by atoms with Crippen LogP contribution in [0.4, 0.5) is 5.69 Å². The van der Waals surface area contributed by atoms with Crippen molar-refractivity contribution in [3.05, 3.63) is 102 Å². The maximum absolute atomic E-state index is 13.3. The molecule has 0 radical (unpaired) electrons. The van der Waals surface area contributed by atoms with Gasteiger partial charge in [-0.2, -0.15) is 0 Å². The molecule has 4 aromatic rings. The summed E-state index contributed by atoms with van der Waals surface area (Å²) in [7, 11) is 0. The van der Waals surface area contributed by atoms with Gasteiger partial charge in [0, 0.05) is 27.9 Å². The molecule has 0 saturated heterocycles. The third-order valence-corrected chi connectivity index (χ3v) is 6.08. The molecule has 0 saturated carbocycles. The molecule has 0 unspecified atom stereocenters. The quantitative estimate of drug-likeness (QED) is 0.307. The molecule has 0 bridgehead atoms. The van der Waals surface area contributed by atoms with Crippen molar-refractivity contribution in [2.75, 3.05) is 11.6 Å². The van der Waals surface area contributed by atoms with E-state index in [-0.39, 0.29) is 5.91 Å². The molecule has 3 aromatic carbocycles. The van der Waals surface area contributed by atoms with Gasteiger partial charge in [0.15, 0.2) is 0 Å². The predicted molar refractivity (Wildman–Crippen MR) is 135 cm³/mol. The normalized spacial score (nSPS) is 10.7. The van der Waals surface area contributed by atoms with Crippen LogP contribution in [0.25, 0.3) is 22.4 Å². The van der Waals surface area contributed by atoms with Gasteiger partial charge in [-0.3, -0.25) is 9.78 Å². The maximum atomic E-state index is 13.3. The molecule has 160 valence electrons. The molecule has 1 amide bonds. The number of hydrogen-bond acceptors (Lipinski definition) is 3. The van der Waals surface area contributed by atoms with Crippen molar-refractivity contribution in [2.45, 2.75) is 24.7 Å². The Morgan fingerprint density at radius 1 is 0.906 bits per heavy atom. The number of aromatic nitrogens is 1. The molecule has 1 heterocycles. The SMILES string of the molecule is CCCc1ccc(-c2cc(SC)ccc2C(=O)Nc2cccc(-c3ccccn3)c2)cc1. The van der Waals surface area contributed by atoms with E-state index in [0.717, 1.165) is 45.8 Å². The summed E-state index contributed by atoms with van der Waals surface area (Å²) in [6, 6.07) is 28.1. The fourth-order valence-electron chi connectivity index (χ4n) is 3.72. The summed E-state index contributed by atoms with van der Waals surface area (Å²) in [5.74, 6) is -0.122. The molecule has 0 atom stereocenters. The van der Waals surface area contributed by atoms with Crippen LogP contribution in [0.3, 0.4) is 0 Å². The predicted octanol–water partition coefficient (Wildman–Crippen LogP) is 7.34. The summed E-state index contributed by atoms with van der Waals surface area (Å²) in [5, 5.41) is 3.07. The highest BCUT2D eigenvalue weighted by Gasteiger charge is 2.15. The number of carbonyl (C=O) groups excluding carboxylic acids is 1. The van der Waals surface area contributed by atoms with Crippen LogP contribution in [0.2, 0.25) is 0 Å². The van der Waals surface area contributed by atoms with Crippen molar-refractivity contribution in [3.8, 4) is 22.4 Å². The minimum atomic E-state index is -0.122. The molecule has 0 spiro atoms. The van der Waals surface area contributed by atoms with Gasteiger partial charge in [0.05, 0.1) is 5.69 Å². The van der Waals surface area contributed by atoms with Gasteiger partial charge in [0.2, 0.25) is 0 Å². The summed E-state index contributed by atoms with van der Waals surface area (Å²) in [6.07, 6.45) is 6.00. The van der Waals surface area contributed by atoms with Crippen molar-refractivity contribution in [2.24, 2.45) is 0 Å². The average Bonchev–Trinajstić information content (AvgIpc) is 2.85. The van der Waals surface area contributed by atoms with E-state index in [1.807, 2.05) is 60.9 Å². The second-order valence-corrected chi connectivity index (χ2v) is 8.49. The van der Waals surface area contributed by atoms with Crippen LogP contribution in [0, 0.1) is 0 Å². The fourth-order valence-corrected chi connectivity index (χ4v) is 4.15.